The molecule has 2 heterocycles. The van der Waals surface area contributed by atoms with Gasteiger partial charge in [-0.3, -0.25) is 4.79 Å². The van der Waals surface area contributed by atoms with Crippen molar-refractivity contribution < 1.29 is 9.53 Å². The molecule has 0 aliphatic carbocycles. The third kappa shape index (κ3) is 5.43. The molecular formula is C28H29N3O2S. The molecule has 2 atom stereocenters. The molecule has 1 aliphatic rings. The number of nitriles is 1. The molecule has 6 heteroatoms. The van der Waals surface area contributed by atoms with Crippen LogP contribution in [0.15, 0.2) is 65.7 Å². The topological polar surface area (TPSA) is 66.2 Å². The van der Waals surface area contributed by atoms with Gasteiger partial charge in [0.05, 0.1) is 24.1 Å². The molecule has 1 fully saturated rings. The summed E-state index contributed by atoms with van der Waals surface area (Å²) in [6.07, 6.45) is 1.15. The fraction of sp³-hybridized carbons (Fsp3) is 0.321. The second-order valence-electron chi connectivity index (χ2n) is 8.97. The van der Waals surface area contributed by atoms with Gasteiger partial charge in [-0.2, -0.15) is 5.26 Å². The van der Waals surface area contributed by atoms with Crippen LogP contribution in [-0.4, -0.2) is 41.7 Å². The number of piperidine rings is 1. The van der Waals surface area contributed by atoms with Crippen molar-refractivity contribution in [1.82, 2.24) is 9.88 Å². The summed E-state index contributed by atoms with van der Waals surface area (Å²) in [7, 11) is 1.64. The first-order valence-corrected chi connectivity index (χ1v) is 12.5. The highest BCUT2D eigenvalue weighted by Gasteiger charge is 2.26. The Bertz CT molecular complexity index is 1180. The van der Waals surface area contributed by atoms with E-state index in [0.717, 1.165) is 47.6 Å². The molecule has 0 radical (unpaired) electrons. The predicted octanol–water partition coefficient (Wildman–Crippen LogP) is 5.89. The number of nitrogens with zero attached hydrogens (tertiary/aromatic N) is 3. The number of thioether (sulfide) groups is 1. The van der Waals surface area contributed by atoms with Crippen molar-refractivity contribution in [3.05, 3.63) is 66.2 Å². The second-order valence-corrected chi connectivity index (χ2v) is 9.94. The first-order chi connectivity index (χ1) is 16.5. The maximum absolute atomic E-state index is 13.0. The Hall–Kier alpha value is -3.30. The lowest BCUT2D eigenvalue weighted by Gasteiger charge is -2.35. The van der Waals surface area contributed by atoms with E-state index in [2.05, 4.69) is 19.9 Å². The molecule has 0 bridgehead atoms. The molecule has 1 amide bonds. The van der Waals surface area contributed by atoms with E-state index in [1.807, 2.05) is 65.6 Å². The number of pyridine rings is 1. The van der Waals surface area contributed by atoms with E-state index < -0.39 is 0 Å². The number of hydrogen-bond acceptors (Lipinski definition) is 5. The van der Waals surface area contributed by atoms with Gasteiger partial charge in [-0.1, -0.05) is 55.9 Å². The molecule has 1 aromatic heterocycles. The minimum Gasteiger partial charge on any atom is -0.497 e. The molecule has 0 saturated carbocycles. The van der Waals surface area contributed by atoms with Gasteiger partial charge in [-0.05, 0) is 54.2 Å². The standard InChI is InChI=1S/C28H29N3O2S/c1-19-13-20(2)17-31(16-19)27(32)18-34-28-25(15-29)24(21-7-5-4-6-8-21)14-26(30-28)22-9-11-23(33-3)12-10-22/h4-12,14,19-20H,13,16-18H2,1-3H3/t19-,20-/m1/s1. The van der Waals surface area contributed by atoms with E-state index >= 15 is 0 Å². The van der Waals surface area contributed by atoms with Crippen LogP contribution in [-0.2, 0) is 4.79 Å². The first-order valence-electron chi connectivity index (χ1n) is 11.5. The highest BCUT2D eigenvalue weighted by Crippen LogP contribution is 2.35. The van der Waals surface area contributed by atoms with Crippen LogP contribution in [0, 0.1) is 23.2 Å². The molecule has 174 valence electrons. The van der Waals surface area contributed by atoms with Crippen molar-refractivity contribution in [3.8, 4) is 34.2 Å². The van der Waals surface area contributed by atoms with E-state index in [1.165, 1.54) is 11.8 Å². The van der Waals surface area contributed by atoms with Crippen LogP contribution in [0.5, 0.6) is 5.75 Å². The molecule has 4 rings (SSSR count). The van der Waals surface area contributed by atoms with E-state index in [0.29, 0.717) is 22.4 Å². The Morgan fingerprint density at radius 1 is 1.09 bits per heavy atom. The third-order valence-corrected chi connectivity index (χ3v) is 7.08. The summed E-state index contributed by atoms with van der Waals surface area (Å²) in [5, 5.41) is 10.6. The normalized spacial score (nSPS) is 17.8. The second kappa shape index (κ2) is 10.8. The highest BCUT2D eigenvalue weighted by molar-refractivity contribution is 8.00. The molecule has 3 aromatic rings. The van der Waals surface area contributed by atoms with Gasteiger partial charge in [0.15, 0.2) is 0 Å². The number of carbonyl (C=O) groups excluding carboxylic acids is 1. The van der Waals surface area contributed by atoms with Gasteiger partial charge in [-0.25, -0.2) is 4.98 Å². The lowest BCUT2D eigenvalue weighted by Crippen LogP contribution is -2.43. The van der Waals surface area contributed by atoms with Crippen LogP contribution in [0.4, 0.5) is 0 Å². The third-order valence-electron chi connectivity index (χ3n) is 6.12. The van der Waals surface area contributed by atoms with Crippen molar-refractivity contribution in [2.24, 2.45) is 11.8 Å². The number of rotatable bonds is 6. The van der Waals surface area contributed by atoms with E-state index in [9.17, 15) is 10.1 Å². The van der Waals surface area contributed by atoms with Gasteiger partial charge >= 0.3 is 0 Å². The van der Waals surface area contributed by atoms with Crippen molar-refractivity contribution in [3.63, 3.8) is 0 Å². The number of carbonyl (C=O) groups is 1. The summed E-state index contributed by atoms with van der Waals surface area (Å²) >= 11 is 1.35. The lowest BCUT2D eigenvalue weighted by atomic mass is 9.92. The average Bonchev–Trinajstić information content (AvgIpc) is 2.86. The predicted molar refractivity (Wildman–Crippen MR) is 137 cm³/mol. The SMILES string of the molecule is COc1ccc(-c2cc(-c3ccccc3)c(C#N)c(SCC(=O)N3C[C@H](C)C[C@@H](C)C3)n2)cc1. The van der Waals surface area contributed by atoms with Gasteiger partial charge in [0.1, 0.15) is 16.8 Å². The molecule has 0 N–H and O–H groups in total. The van der Waals surface area contributed by atoms with Crippen molar-refractivity contribution >= 4 is 17.7 Å². The highest BCUT2D eigenvalue weighted by atomic mass is 32.2. The van der Waals surface area contributed by atoms with Gasteiger partial charge < -0.3 is 9.64 Å². The number of amides is 1. The molecule has 5 nitrogen and oxygen atoms in total. The Labute approximate surface area is 205 Å². The van der Waals surface area contributed by atoms with Crippen molar-refractivity contribution in [2.45, 2.75) is 25.3 Å². The Morgan fingerprint density at radius 2 is 1.76 bits per heavy atom. The summed E-state index contributed by atoms with van der Waals surface area (Å²) in [6.45, 7) is 5.98. The molecule has 2 aromatic carbocycles. The minimum atomic E-state index is 0.102. The maximum atomic E-state index is 13.0. The fourth-order valence-corrected chi connectivity index (χ4v) is 5.48. The number of ether oxygens (including phenoxy) is 1. The summed E-state index contributed by atoms with van der Waals surface area (Å²) in [6, 6.07) is 21.9. The zero-order valence-corrected chi connectivity index (χ0v) is 20.6. The van der Waals surface area contributed by atoms with Crippen LogP contribution in [0.2, 0.25) is 0 Å². The van der Waals surface area contributed by atoms with E-state index in [-0.39, 0.29) is 11.7 Å². The van der Waals surface area contributed by atoms with Gasteiger partial charge in [0, 0.05) is 24.2 Å². The Kier molecular flexibility index (Phi) is 7.54. The monoisotopic (exact) mass is 471 g/mol. The minimum absolute atomic E-state index is 0.102. The summed E-state index contributed by atoms with van der Waals surface area (Å²) < 4.78 is 5.29. The van der Waals surface area contributed by atoms with Gasteiger partial charge in [-0.15, -0.1) is 0 Å². The quantitative estimate of drug-likeness (QED) is 0.419. The van der Waals surface area contributed by atoms with Crippen LogP contribution >= 0.6 is 11.8 Å². The number of hydrogen-bond donors (Lipinski definition) is 0. The zero-order chi connectivity index (χ0) is 24.1. The summed E-state index contributed by atoms with van der Waals surface area (Å²) in [5.74, 6) is 2.15. The van der Waals surface area contributed by atoms with Crippen molar-refractivity contribution in [2.75, 3.05) is 26.0 Å². The smallest absolute Gasteiger partial charge is 0.233 e. The van der Waals surface area contributed by atoms with Crippen LogP contribution in [0.1, 0.15) is 25.8 Å². The maximum Gasteiger partial charge on any atom is 0.233 e. The number of benzene rings is 2. The fourth-order valence-electron chi connectivity index (χ4n) is 4.58. The van der Waals surface area contributed by atoms with E-state index in [4.69, 9.17) is 9.72 Å². The molecule has 34 heavy (non-hydrogen) atoms. The van der Waals surface area contributed by atoms with Crippen molar-refractivity contribution in [1.29, 1.82) is 5.26 Å². The lowest BCUT2D eigenvalue weighted by molar-refractivity contribution is -0.130. The molecule has 0 spiro atoms. The molecule has 1 aliphatic heterocycles. The largest absolute Gasteiger partial charge is 0.497 e. The molecule has 1 saturated heterocycles. The number of aromatic nitrogens is 1. The van der Waals surface area contributed by atoms with Gasteiger partial charge in [0.2, 0.25) is 5.91 Å². The van der Waals surface area contributed by atoms with Crippen LogP contribution in [0.25, 0.3) is 22.4 Å². The van der Waals surface area contributed by atoms with Crippen LogP contribution < -0.4 is 4.74 Å². The summed E-state index contributed by atoms with van der Waals surface area (Å²) in [4.78, 5) is 19.8. The van der Waals surface area contributed by atoms with E-state index in [1.54, 1.807) is 7.11 Å². The Balaban J connectivity index is 1.68. The molecular weight excluding hydrogens is 442 g/mol. The average molecular weight is 472 g/mol. The number of methoxy groups -OCH3 is 1. The summed E-state index contributed by atoms with van der Waals surface area (Å²) in [5.41, 5.74) is 3.95. The molecule has 0 unspecified atom stereocenters. The zero-order valence-electron chi connectivity index (χ0n) is 19.8. The number of likely N-dealkylation sites (tertiary alicyclic amines) is 1. The van der Waals surface area contributed by atoms with Crippen LogP contribution in [0.3, 0.4) is 0 Å². The van der Waals surface area contributed by atoms with Gasteiger partial charge in [0.25, 0.3) is 0 Å². The Morgan fingerprint density at radius 3 is 2.38 bits per heavy atom. The first kappa shape index (κ1) is 23.8.